The van der Waals surface area contributed by atoms with Crippen LogP contribution in [0.1, 0.15) is 18.4 Å². The molecule has 0 radical (unpaired) electrons. The van der Waals surface area contributed by atoms with Gasteiger partial charge in [0.05, 0.1) is 5.69 Å². The Bertz CT molecular complexity index is 281. The van der Waals surface area contributed by atoms with Crippen molar-refractivity contribution in [1.82, 2.24) is 4.98 Å². The minimum absolute atomic E-state index is 0.0747. The molecule has 0 amide bonds. The highest BCUT2D eigenvalue weighted by Gasteiger charge is 2.38. The van der Waals surface area contributed by atoms with Gasteiger partial charge in [-0.1, -0.05) is 6.92 Å². The number of aryl methyl sites for hydroxylation is 1. The maximum Gasteiger partial charge on any atom is 0.451 e. The first-order chi connectivity index (χ1) is 5.45. The molecule has 0 aromatic carbocycles. The fourth-order valence-electron chi connectivity index (χ4n) is 0.784. The van der Waals surface area contributed by atoms with Gasteiger partial charge in [-0.15, -0.1) is 0 Å². The smallest absolute Gasteiger partial charge is 0.426 e. The van der Waals surface area contributed by atoms with Crippen LogP contribution in [0.2, 0.25) is 0 Å². The van der Waals surface area contributed by atoms with E-state index in [1.807, 2.05) is 0 Å². The van der Waals surface area contributed by atoms with Crippen LogP contribution in [0.15, 0.2) is 9.22 Å². The summed E-state index contributed by atoms with van der Waals surface area (Å²) in [6, 6.07) is 0. The first-order valence-corrected chi connectivity index (χ1v) is 3.97. The normalized spacial score (nSPS) is 12.1. The Labute approximate surface area is 74.9 Å². The Kier molecular flexibility index (Phi) is 2.46. The molecule has 1 rings (SSSR count). The lowest BCUT2D eigenvalue weighted by Crippen LogP contribution is -2.06. The third-order valence-corrected chi connectivity index (χ3v) is 1.60. The number of hydrogen-bond acceptors (Lipinski definition) is 2. The van der Waals surface area contributed by atoms with E-state index < -0.39 is 11.9 Å². The van der Waals surface area contributed by atoms with Crippen molar-refractivity contribution in [2.45, 2.75) is 19.5 Å². The van der Waals surface area contributed by atoms with Crippen LogP contribution in [0.4, 0.5) is 13.2 Å². The fraction of sp³-hybridized carbons (Fsp3) is 0.500. The highest BCUT2D eigenvalue weighted by molar-refractivity contribution is 9.10. The number of alkyl halides is 3. The van der Waals surface area contributed by atoms with Crippen LogP contribution in [-0.4, -0.2) is 4.98 Å². The fourth-order valence-corrected chi connectivity index (χ4v) is 1.16. The molecule has 0 saturated heterocycles. The third kappa shape index (κ3) is 1.80. The van der Waals surface area contributed by atoms with Crippen molar-refractivity contribution < 1.29 is 17.6 Å². The molecule has 12 heavy (non-hydrogen) atoms. The predicted octanol–water partition coefficient (Wildman–Crippen LogP) is 3.02. The summed E-state index contributed by atoms with van der Waals surface area (Å²) in [5, 5.41) is 0. The van der Waals surface area contributed by atoms with E-state index in [-0.39, 0.29) is 16.9 Å². The quantitative estimate of drug-likeness (QED) is 0.758. The van der Waals surface area contributed by atoms with E-state index in [1.165, 1.54) is 0 Å². The van der Waals surface area contributed by atoms with Crippen molar-refractivity contribution in [2.24, 2.45) is 0 Å². The molecule has 0 N–H and O–H groups in total. The first kappa shape index (κ1) is 9.57. The standard InChI is InChI=1S/C6H5BrF3NO/c1-2-3-4(6(8,9)10)12-5(7)11-3/h2H2,1H3. The lowest BCUT2D eigenvalue weighted by atomic mass is 10.3. The second-order valence-electron chi connectivity index (χ2n) is 2.09. The summed E-state index contributed by atoms with van der Waals surface area (Å²) in [5.41, 5.74) is -0.0747. The zero-order valence-electron chi connectivity index (χ0n) is 6.07. The van der Waals surface area contributed by atoms with Crippen LogP contribution in [0.25, 0.3) is 0 Å². The lowest BCUT2D eigenvalue weighted by molar-refractivity contribution is -0.154. The van der Waals surface area contributed by atoms with Crippen LogP contribution in [0.3, 0.4) is 0 Å². The van der Waals surface area contributed by atoms with E-state index >= 15 is 0 Å². The molecule has 1 heterocycles. The topological polar surface area (TPSA) is 26.0 Å². The number of nitrogens with zero attached hydrogens (tertiary/aromatic N) is 1. The van der Waals surface area contributed by atoms with Crippen LogP contribution in [0.5, 0.6) is 0 Å². The molecule has 0 saturated carbocycles. The van der Waals surface area contributed by atoms with Gasteiger partial charge in [0.15, 0.2) is 0 Å². The van der Waals surface area contributed by atoms with Gasteiger partial charge >= 0.3 is 6.18 Å². The SMILES string of the molecule is CCc1nc(Br)oc1C(F)(F)F. The summed E-state index contributed by atoms with van der Waals surface area (Å²) < 4.78 is 40.6. The van der Waals surface area contributed by atoms with Crippen LogP contribution < -0.4 is 0 Å². The molecule has 0 unspecified atom stereocenters. The van der Waals surface area contributed by atoms with E-state index in [1.54, 1.807) is 6.92 Å². The molecule has 0 aliphatic heterocycles. The van der Waals surface area contributed by atoms with Gasteiger partial charge in [-0.3, -0.25) is 0 Å². The molecular formula is C6H5BrF3NO. The summed E-state index contributed by atoms with van der Waals surface area (Å²) >= 11 is 2.74. The van der Waals surface area contributed by atoms with Crippen molar-refractivity contribution in [2.75, 3.05) is 0 Å². The molecule has 68 valence electrons. The van der Waals surface area contributed by atoms with Gasteiger partial charge in [-0.25, -0.2) is 4.98 Å². The summed E-state index contributed by atoms with van der Waals surface area (Å²) in [4.78, 5) is 3.39. The average Bonchev–Trinajstić information content (AvgIpc) is 2.29. The Hall–Kier alpha value is -0.520. The Morgan fingerprint density at radius 1 is 1.50 bits per heavy atom. The third-order valence-electron chi connectivity index (χ3n) is 1.26. The van der Waals surface area contributed by atoms with Gasteiger partial charge in [-0.05, 0) is 6.42 Å². The molecule has 0 atom stereocenters. The molecule has 0 fully saturated rings. The molecule has 2 nitrogen and oxygen atoms in total. The number of halogens is 4. The van der Waals surface area contributed by atoms with Gasteiger partial charge in [0, 0.05) is 15.9 Å². The number of aromatic nitrogens is 1. The summed E-state index contributed by atoms with van der Waals surface area (Å²) in [6.07, 6.45) is -4.26. The zero-order chi connectivity index (χ0) is 9.35. The molecule has 1 aromatic rings. The number of oxazole rings is 1. The van der Waals surface area contributed by atoms with Crippen LogP contribution >= 0.6 is 15.9 Å². The maximum absolute atomic E-state index is 12.1. The molecule has 0 aliphatic carbocycles. The van der Waals surface area contributed by atoms with E-state index in [2.05, 4.69) is 25.3 Å². The molecule has 6 heteroatoms. The van der Waals surface area contributed by atoms with Crippen molar-refractivity contribution in [3.8, 4) is 0 Å². The van der Waals surface area contributed by atoms with Crippen molar-refractivity contribution in [3.05, 3.63) is 16.3 Å². The summed E-state index contributed by atoms with van der Waals surface area (Å²) in [7, 11) is 0. The van der Waals surface area contributed by atoms with Gasteiger partial charge in [0.25, 0.3) is 4.80 Å². The van der Waals surface area contributed by atoms with Crippen LogP contribution in [0, 0.1) is 0 Å². The summed E-state index contributed by atoms with van der Waals surface area (Å²) in [6.45, 7) is 1.58. The minimum atomic E-state index is -4.45. The van der Waals surface area contributed by atoms with Gasteiger partial charge in [-0.2, -0.15) is 13.2 Å². The lowest BCUT2D eigenvalue weighted by Gasteiger charge is -2.01. The average molecular weight is 244 g/mol. The first-order valence-electron chi connectivity index (χ1n) is 3.17. The van der Waals surface area contributed by atoms with Gasteiger partial charge in [0.2, 0.25) is 5.76 Å². The second-order valence-corrected chi connectivity index (χ2v) is 2.77. The van der Waals surface area contributed by atoms with Gasteiger partial charge < -0.3 is 4.42 Å². The maximum atomic E-state index is 12.1. The number of hydrogen-bond donors (Lipinski definition) is 0. The Morgan fingerprint density at radius 2 is 2.08 bits per heavy atom. The molecule has 0 aliphatic rings. The Morgan fingerprint density at radius 3 is 2.42 bits per heavy atom. The Balaban J connectivity index is 3.13. The van der Waals surface area contributed by atoms with E-state index in [0.717, 1.165) is 0 Å². The second kappa shape index (κ2) is 3.08. The molecule has 0 bridgehead atoms. The summed E-state index contributed by atoms with van der Waals surface area (Å²) in [5.74, 6) is -1.02. The van der Waals surface area contributed by atoms with Gasteiger partial charge in [0.1, 0.15) is 0 Å². The minimum Gasteiger partial charge on any atom is -0.426 e. The largest absolute Gasteiger partial charge is 0.451 e. The van der Waals surface area contributed by atoms with Crippen molar-refractivity contribution >= 4 is 15.9 Å². The monoisotopic (exact) mass is 243 g/mol. The van der Waals surface area contributed by atoms with Crippen molar-refractivity contribution in [3.63, 3.8) is 0 Å². The predicted molar refractivity (Wildman–Crippen MR) is 38.6 cm³/mol. The highest BCUT2D eigenvalue weighted by atomic mass is 79.9. The molecule has 0 spiro atoms. The van der Waals surface area contributed by atoms with Crippen LogP contribution in [-0.2, 0) is 12.6 Å². The van der Waals surface area contributed by atoms with Crippen molar-refractivity contribution in [1.29, 1.82) is 0 Å². The molecular weight excluding hydrogens is 239 g/mol. The zero-order valence-corrected chi connectivity index (χ0v) is 7.66. The van der Waals surface area contributed by atoms with E-state index in [9.17, 15) is 13.2 Å². The number of rotatable bonds is 1. The molecule has 1 aromatic heterocycles. The van der Waals surface area contributed by atoms with E-state index in [0.29, 0.717) is 0 Å². The highest BCUT2D eigenvalue weighted by Crippen LogP contribution is 2.33. The van der Waals surface area contributed by atoms with E-state index in [4.69, 9.17) is 0 Å².